The van der Waals surface area contributed by atoms with Crippen LogP contribution in [0, 0.1) is 19.7 Å². The highest BCUT2D eigenvalue weighted by Crippen LogP contribution is 2.27. The molecule has 1 aromatic carbocycles. The molecular formula is C19H20ClFN6O. The van der Waals surface area contributed by atoms with Crippen LogP contribution in [0.3, 0.4) is 0 Å². The van der Waals surface area contributed by atoms with Gasteiger partial charge in [0.25, 0.3) is 5.91 Å². The van der Waals surface area contributed by atoms with Gasteiger partial charge in [0.1, 0.15) is 22.7 Å². The molecular weight excluding hydrogens is 383 g/mol. The fraction of sp³-hybridized carbons (Fsp3) is 0.368. The van der Waals surface area contributed by atoms with E-state index in [9.17, 15) is 9.18 Å². The van der Waals surface area contributed by atoms with Gasteiger partial charge >= 0.3 is 0 Å². The summed E-state index contributed by atoms with van der Waals surface area (Å²) in [5.74, 6) is 0.499. The van der Waals surface area contributed by atoms with E-state index in [-0.39, 0.29) is 16.5 Å². The zero-order valence-corrected chi connectivity index (χ0v) is 16.7. The fourth-order valence-electron chi connectivity index (χ4n) is 3.63. The van der Waals surface area contributed by atoms with Crippen molar-refractivity contribution in [2.45, 2.75) is 13.8 Å². The van der Waals surface area contributed by atoms with E-state index in [1.807, 2.05) is 20.9 Å². The first-order valence-corrected chi connectivity index (χ1v) is 9.41. The van der Waals surface area contributed by atoms with Crippen LogP contribution in [0.5, 0.6) is 0 Å². The summed E-state index contributed by atoms with van der Waals surface area (Å²) in [7, 11) is 1.87. The minimum atomic E-state index is -0.599. The number of hydrogen-bond donors (Lipinski definition) is 0. The van der Waals surface area contributed by atoms with Crippen molar-refractivity contribution in [1.82, 2.24) is 24.6 Å². The minimum Gasteiger partial charge on any atom is -0.351 e. The molecule has 3 heterocycles. The van der Waals surface area contributed by atoms with Gasteiger partial charge in [0.05, 0.1) is 16.3 Å². The molecule has 0 radical (unpaired) electrons. The number of rotatable bonds is 2. The molecule has 3 aromatic rings. The molecule has 0 N–H and O–H groups in total. The summed E-state index contributed by atoms with van der Waals surface area (Å²) in [6.45, 7) is 5.83. The maximum absolute atomic E-state index is 14.1. The third-order valence-corrected chi connectivity index (χ3v) is 5.30. The summed E-state index contributed by atoms with van der Waals surface area (Å²) in [5.41, 5.74) is 2.49. The summed E-state index contributed by atoms with van der Waals surface area (Å²) in [4.78, 5) is 25.6. The van der Waals surface area contributed by atoms with Gasteiger partial charge in [-0.2, -0.15) is 5.10 Å². The number of hydrogen-bond acceptors (Lipinski definition) is 5. The number of nitrogens with zero attached hydrogens (tertiary/aromatic N) is 6. The first kappa shape index (κ1) is 18.6. The Kier molecular flexibility index (Phi) is 4.66. The average molecular weight is 403 g/mol. The molecule has 0 spiro atoms. The molecule has 0 atom stereocenters. The Morgan fingerprint density at radius 2 is 1.86 bits per heavy atom. The van der Waals surface area contributed by atoms with Gasteiger partial charge < -0.3 is 9.80 Å². The lowest BCUT2D eigenvalue weighted by molar-refractivity contribution is 0.0742. The van der Waals surface area contributed by atoms with Gasteiger partial charge in [0.2, 0.25) is 0 Å². The van der Waals surface area contributed by atoms with E-state index in [4.69, 9.17) is 11.6 Å². The summed E-state index contributed by atoms with van der Waals surface area (Å²) >= 11 is 6.05. The summed E-state index contributed by atoms with van der Waals surface area (Å²) in [6, 6.07) is 4.27. The van der Waals surface area contributed by atoms with Gasteiger partial charge in [-0.3, -0.25) is 9.48 Å². The molecule has 1 aliphatic heterocycles. The van der Waals surface area contributed by atoms with E-state index in [0.717, 1.165) is 22.5 Å². The second kappa shape index (κ2) is 7.01. The maximum atomic E-state index is 14.1. The van der Waals surface area contributed by atoms with Gasteiger partial charge in [-0.15, -0.1) is 0 Å². The Morgan fingerprint density at radius 1 is 1.14 bits per heavy atom. The number of piperazine rings is 1. The van der Waals surface area contributed by atoms with Crippen molar-refractivity contribution >= 4 is 34.4 Å². The molecule has 1 aliphatic rings. The number of halogens is 2. The lowest BCUT2D eigenvalue weighted by Gasteiger charge is -2.35. The third kappa shape index (κ3) is 3.07. The number of carbonyl (C=O) groups is 1. The largest absolute Gasteiger partial charge is 0.351 e. The fourth-order valence-corrected chi connectivity index (χ4v) is 3.87. The summed E-state index contributed by atoms with van der Waals surface area (Å²) in [5, 5.41) is 4.59. The molecule has 0 aliphatic carbocycles. The lowest BCUT2D eigenvalue weighted by Crippen LogP contribution is -2.49. The molecule has 7 nitrogen and oxygen atoms in total. The first-order valence-electron chi connectivity index (χ1n) is 9.03. The smallest absolute Gasteiger partial charge is 0.258 e. The van der Waals surface area contributed by atoms with Crippen molar-refractivity contribution in [3.8, 4) is 0 Å². The highest BCUT2D eigenvalue weighted by atomic mass is 35.5. The van der Waals surface area contributed by atoms with Crippen LogP contribution in [0.1, 0.15) is 21.9 Å². The minimum absolute atomic E-state index is 0.0693. The number of benzene rings is 1. The molecule has 0 bridgehead atoms. The Bertz CT molecular complexity index is 1050. The van der Waals surface area contributed by atoms with Crippen LogP contribution >= 0.6 is 11.6 Å². The van der Waals surface area contributed by atoms with Gasteiger partial charge in [-0.25, -0.2) is 14.4 Å². The van der Waals surface area contributed by atoms with Crippen LogP contribution < -0.4 is 4.90 Å². The van der Waals surface area contributed by atoms with Crippen molar-refractivity contribution in [1.29, 1.82) is 0 Å². The van der Waals surface area contributed by atoms with Gasteiger partial charge in [0.15, 0.2) is 5.82 Å². The first-order chi connectivity index (χ1) is 13.4. The Hall–Kier alpha value is -2.74. The highest BCUT2D eigenvalue weighted by molar-refractivity contribution is 6.33. The molecule has 0 saturated carbocycles. The SMILES string of the molecule is Cc1nc(N2CCN(C(=O)c3c(F)cccc3Cl)CC2)c2c(n1)c(C)nn2C. The Labute approximate surface area is 166 Å². The Balaban J connectivity index is 1.58. The van der Waals surface area contributed by atoms with Gasteiger partial charge in [-0.05, 0) is 26.0 Å². The van der Waals surface area contributed by atoms with Crippen LogP contribution in [0.4, 0.5) is 10.2 Å². The van der Waals surface area contributed by atoms with Crippen molar-refractivity contribution in [2.24, 2.45) is 7.05 Å². The Morgan fingerprint density at radius 3 is 2.54 bits per heavy atom. The predicted octanol–water partition coefficient (Wildman–Crippen LogP) is 2.74. The van der Waals surface area contributed by atoms with Crippen LogP contribution in [0.15, 0.2) is 18.2 Å². The highest BCUT2D eigenvalue weighted by Gasteiger charge is 2.28. The van der Waals surface area contributed by atoms with E-state index in [0.29, 0.717) is 32.0 Å². The zero-order valence-electron chi connectivity index (χ0n) is 15.9. The number of amides is 1. The zero-order chi connectivity index (χ0) is 20.0. The molecule has 1 fully saturated rings. The van der Waals surface area contributed by atoms with E-state index >= 15 is 0 Å². The molecule has 1 saturated heterocycles. The topological polar surface area (TPSA) is 67.2 Å². The van der Waals surface area contributed by atoms with Gasteiger partial charge in [0, 0.05) is 33.2 Å². The van der Waals surface area contributed by atoms with Crippen LogP contribution in [0.2, 0.25) is 5.02 Å². The van der Waals surface area contributed by atoms with Crippen molar-refractivity contribution < 1.29 is 9.18 Å². The number of fused-ring (bicyclic) bond motifs is 1. The van der Waals surface area contributed by atoms with Crippen molar-refractivity contribution in [2.75, 3.05) is 31.1 Å². The van der Waals surface area contributed by atoms with E-state index in [1.165, 1.54) is 18.2 Å². The second-order valence-corrected chi connectivity index (χ2v) is 7.28. The summed E-state index contributed by atoms with van der Waals surface area (Å²) in [6.07, 6.45) is 0. The van der Waals surface area contributed by atoms with Crippen LogP contribution in [0.25, 0.3) is 11.0 Å². The standard InChI is InChI=1S/C19H20ClFN6O/c1-11-16-17(25(3)24-11)18(23-12(2)22-16)26-7-9-27(10-8-26)19(28)15-13(20)5-4-6-14(15)21/h4-6H,7-10H2,1-3H3. The lowest BCUT2D eigenvalue weighted by atomic mass is 10.1. The number of carbonyl (C=O) groups excluding carboxylic acids is 1. The second-order valence-electron chi connectivity index (χ2n) is 6.88. The third-order valence-electron chi connectivity index (χ3n) is 4.99. The van der Waals surface area contributed by atoms with Gasteiger partial charge in [-0.1, -0.05) is 17.7 Å². The molecule has 0 unspecified atom stereocenters. The van der Waals surface area contributed by atoms with Crippen molar-refractivity contribution in [3.63, 3.8) is 0 Å². The van der Waals surface area contributed by atoms with E-state index in [2.05, 4.69) is 20.0 Å². The van der Waals surface area contributed by atoms with E-state index < -0.39 is 5.82 Å². The van der Waals surface area contributed by atoms with Crippen LogP contribution in [-0.2, 0) is 7.05 Å². The molecule has 28 heavy (non-hydrogen) atoms. The molecule has 1 amide bonds. The summed E-state index contributed by atoms with van der Waals surface area (Å²) < 4.78 is 15.9. The maximum Gasteiger partial charge on any atom is 0.258 e. The van der Waals surface area contributed by atoms with E-state index in [1.54, 1.807) is 9.58 Å². The molecule has 146 valence electrons. The molecule has 9 heteroatoms. The number of anilines is 1. The van der Waals surface area contributed by atoms with Crippen LogP contribution in [-0.4, -0.2) is 56.7 Å². The monoisotopic (exact) mass is 402 g/mol. The average Bonchev–Trinajstić information content (AvgIpc) is 2.94. The molecule has 2 aromatic heterocycles. The number of aryl methyl sites for hydroxylation is 3. The molecule has 4 rings (SSSR count). The predicted molar refractivity (Wildman–Crippen MR) is 105 cm³/mol. The normalized spacial score (nSPS) is 14.8. The quantitative estimate of drug-likeness (QED) is 0.659. The van der Waals surface area contributed by atoms with Crippen molar-refractivity contribution in [3.05, 3.63) is 46.1 Å². The number of aromatic nitrogens is 4.